The average Bonchev–Trinajstić information content (AvgIpc) is 3.42. The average molecular weight is 403 g/mol. The molecule has 5 rings (SSSR count). The Bertz CT molecular complexity index is 818. The van der Waals surface area contributed by atoms with E-state index in [4.69, 9.17) is 14.2 Å². The molecule has 2 aromatic rings. The molecule has 3 heteroatoms. The van der Waals surface area contributed by atoms with E-state index in [0.717, 1.165) is 13.2 Å². The Balaban J connectivity index is 1.13. The quantitative estimate of drug-likeness (QED) is 0.402. The predicted octanol–water partition coefficient (Wildman–Crippen LogP) is 5.24. The van der Waals surface area contributed by atoms with Crippen molar-refractivity contribution in [3.63, 3.8) is 0 Å². The number of benzene rings is 2. The maximum absolute atomic E-state index is 6.15. The molecule has 2 aromatic carbocycles. The lowest BCUT2D eigenvalue weighted by atomic mass is 9.74. The van der Waals surface area contributed by atoms with Crippen molar-refractivity contribution < 1.29 is 14.2 Å². The van der Waals surface area contributed by atoms with Crippen LogP contribution in [0.1, 0.15) is 24.0 Å². The first kappa shape index (κ1) is 19.7. The standard InChI is InChI=1S/C27H30O3/c1-3-9-21(10-4-1)13-7-15-28-19-27(18-23-17-24(27)26-25(23)30-26)20-29-16-8-14-22-11-5-2-6-12-22/h1-14,23-26H,15-20H2/b13-7+,14-8+. The molecule has 0 spiro atoms. The number of ether oxygens (including phenoxy) is 3. The van der Waals surface area contributed by atoms with Crippen molar-refractivity contribution in [1.29, 1.82) is 0 Å². The van der Waals surface area contributed by atoms with Gasteiger partial charge in [-0.25, -0.2) is 0 Å². The Labute approximate surface area is 179 Å². The van der Waals surface area contributed by atoms with Gasteiger partial charge in [-0.1, -0.05) is 85.0 Å². The topological polar surface area (TPSA) is 31.0 Å². The van der Waals surface area contributed by atoms with Crippen LogP contribution in [0.4, 0.5) is 0 Å². The van der Waals surface area contributed by atoms with Crippen LogP contribution in [0.2, 0.25) is 0 Å². The molecule has 3 aliphatic rings. The van der Waals surface area contributed by atoms with E-state index in [1.807, 2.05) is 12.1 Å². The van der Waals surface area contributed by atoms with Crippen molar-refractivity contribution in [3.8, 4) is 0 Å². The largest absolute Gasteiger partial charge is 0.377 e. The summed E-state index contributed by atoms with van der Waals surface area (Å²) in [6, 6.07) is 20.7. The summed E-state index contributed by atoms with van der Waals surface area (Å²) in [4.78, 5) is 0. The summed E-state index contributed by atoms with van der Waals surface area (Å²) in [5.41, 5.74) is 2.51. The van der Waals surface area contributed by atoms with E-state index in [2.05, 4.69) is 72.8 Å². The Morgan fingerprint density at radius 1 is 0.800 bits per heavy atom. The number of rotatable bonds is 10. The molecule has 3 nitrogen and oxygen atoms in total. The summed E-state index contributed by atoms with van der Waals surface area (Å²) in [5.74, 6) is 1.29. The van der Waals surface area contributed by atoms with Gasteiger partial charge in [0.1, 0.15) is 0 Å². The van der Waals surface area contributed by atoms with Crippen LogP contribution < -0.4 is 0 Å². The molecule has 30 heavy (non-hydrogen) atoms. The first-order chi connectivity index (χ1) is 14.8. The van der Waals surface area contributed by atoms with Gasteiger partial charge < -0.3 is 14.2 Å². The third-order valence-corrected chi connectivity index (χ3v) is 6.86. The van der Waals surface area contributed by atoms with Crippen molar-refractivity contribution in [2.24, 2.45) is 17.3 Å². The molecule has 4 unspecified atom stereocenters. The third kappa shape index (κ3) is 4.29. The lowest BCUT2D eigenvalue weighted by molar-refractivity contribution is -0.0399. The Morgan fingerprint density at radius 3 is 1.87 bits per heavy atom. The van der Waals surface area contributed by atoms with Crippen molar-refractivity contribution in [2.75, 3.05) is 26.4 Å². The van der Waals surface area contributed by atoms with Gasteiger partial charge in [0, 0.05) is 5.41 Å². The zero-order valence-corrected chi connectivity index (χ0v) is 17.4. The molecule has 2 saturated carbocycles. The van der Waals surface area contributed by atoms with Crippen LogP contribution in [0.25, 0.3) is 12.2 Å². The zero-order chi connectivity index (χ0) is 20.2. The molecule has 3 fully saturated rings. The molecule has 0 radical (unpaired) electrons. The smallest absolute Gasteiger partial charge is 0.0880 e. The third-order valence-electron chi connectivity index (χ3n) is 6.86. The SMILES string of the molecule is C(=C\c1ccccc1)/COCC1(COC/C=C/c2ccccc2)CC2CC1C1OC21. The van der Waals surface area contributed by atoms with E-state index in [9.17, 15) is 0 Å². The van der Waals surface area contributed by atoms with E-state index < -0.39 is 0 Å². The summed E-state index contributed by atoms with van der Waals surface area (Å²) >= 11 is 0. The van der Waals surface area contributed by atoms with E-state index >= 15 is 0 Å². The van der Waals surface area contributed by atoms with Gasteiger partial charge in [0.25, 0.3) is 0 Å². The second-order valence-electron chi connectivity index (χ2n) is 8.89. The molecule has 1 saturated heterocycles. The van der Waals surface area contributed by atoms with Gasteiger partial charge in [0.15, 0.2) is 0 Å². The second kappa shape index (κ2) is 8.89. The van der Waals surface area contributed by atoms with E-state index in [-0.39, 0.29) is 5.41 Å². The van der Waals surface area contributed by atoms with Crippen LogP contribution >= 0.6 is 0 Å². The molecule has 156 valence electrons. The monoisotopic (exact) mass is 402 g/mol. The Kier molecular flexibility index (Phi) is 5.85. The number of hydrogen-bond acceptors (Lipinski definition) is 3. The number of hydrogen-bond donors (Lipinski definition) is 0. The normalized spacial score (nSPS) is 28.4. The predicted molar refractivity (Wildman–Crippen MR) is 120 cm³/mol. The van der Waals surface area contributed by atoms with Crippen LogP contribution in [0.3, 0.4) is 0 Å². The zero-order valence-electron chi connectivity index (χ0n) is 17.4. The maximum atomic E-state index is 6.15. The fraction of sp³-hybridized carbons (Fsp3) is 0.407. The minimum Gasteiger partial charge on any atom is -0.377 e. The molecule has 2 aliphatic carbocycles. The van der Waals surface area contributed by atoms with Gasteiger partial charge in [-0.05, 0) is 35.8 Å². The van der Waals surface area contributed by atoms with Crippen molar-refractivity contribution in [1.82, 2.24) is 0 Å². The van der Waals surface area contributed by atoms with Crippen LogP contribution in [-0.2, 0) is 14.2 Å². The minimum absolute atomic E-state index is 0.101. The van der Waals surface area contributed by atoms with Crippen LogP contribution in [0, 0.1) is 17.3 Å². The van der Waals surface area contributed by atoms with E-state index in [1.54, 1.807) is 0 Å². The van der Waals surface area contributed by atoms with Gasteiger partial charge >= 0.3 is 0 Å². The molecule has 0 amide bonds. The lowest BCUT2D eigenvalue weighted by Crippen LogP contribution is -2.40. The van der Waals surface area contributed by atoms with Crippen LogP contribution in [0.15, 0.2) is 72.8 Å². The summed E-state index contributed by atoms with van der Waals surface area (Å²) in [6.45, 7) is 2.78. The fourth-order valence-corrected chi connectivity index (χ4v) is 5.44. The molecule has 1 aliphatic heterocycles. The highest BCUT2D eigenvalue weighted by Crippen LogP contribution is 2.64. The summed E-state index contributed by atoms with van der Waals surface area (Å²) < 4.78 is 18.2. The lowest BCUT2D eigenvalue weighted by Gasteiger charge is -2.35. The molecular formula is C27H30O3. The molecule has 1 heterocycles. The summed E-state index contributed by atoms with van der Waals surface area (Å²) in [6.07, 6.45) is 11.9. The fourth-order valence-electron chi connectivity index (χ4n) is 5.44. The Hall–Kier alpha value is -2.20. The van der Waals surface area contributed by atoms with E-state index in [1.165, 1.54) is 24.0 Å². The van der Waals surface area contributed by atoms with E-state index in [0.29, 0.717) is 37.3 Å². The van der Waals surface area contributed by atoms with Crippen LogP contribution in [-0.4, -0.2) is 38.6 Å². The highest BCUT2D eigenvalue weighted by atomic mass is 16.6. The van der Waals surface area contributed by atoms with Gasteiger partial charge in [0.2, 0.25) is 0 Å². The van der Waals surface area contributed by atoms with Gasteiger partial charge in [-0.3, -0.25) is 0 Å². The molecule has 0 N–H and O–H groups in total. The first-order valence-electron chi connectivity index (χ1n) is 11.1. The second-order valence-corrected chi connectivity index (χ2v) is 8.89. The van der Waals surface area contributed by atoms with Gasteiger partial charge in [-0.15, -0.1) is 0 Å². The van der Waals surface area contributed by atoms with Crippen LogP contribution in [0.5, 0.6) is 0 Å². The minimum atomic E-state index is 0.101. The number of epoxide rings is 1. The maximum Gasteiger partial charge on any atom is 0.0880 e. The molecule has 2 bridgehead atoms. The Morgan fingerprint density at radius 2 is 1.37 bits per heavy atom. The number of fused-ring (bicyclic) bond motifs is 5. The van der Waals surface area contributed by atoms with Crippen molar-refractivity contribution in [2.45, 2.75) is 25.0 Å². The molecule has 0 aromatic heterocycles. The molecule has 4 atom stereocenters. The highest BCUT2D eigenvalue weighted by molar-refractivity contribution is 5.49. The van der Waals surface area contributed by atoms with Gasteiger partial charge in [-0.2, -0.15) is 0 Å². The molecular weight excluding hydrogens is 372 g/mol. The summed E-state index contributed by atoms with van der Waals surface area (Å²) in [7, 11) is 0. The van der Waals surface area contributed by atoms with Crippen molar-refractivity contribution >= 4 is 12.2 Å². The highest BCUT2D eigenvalue weighted by Gasteiger charge is 2.68. The van der Waals surface area contributed by atoms with Crippen molar-refractivity contribution in [3.05, 3.63) is 83.9 Å². The van der Waals surface area contributed by atoms with Gasteiger partial charge in [0.05, 0.1) is 38.6 Å². The summed E-state index contributed by atoms with van der Waals surface area (Å²) in [5, 5.41) is 0. The first-order valence-corrected chi connectivity index (χ1v) is 11.1.